The van der Waals surface area contributed by atoms with Gasteiger partial charge in [0.15, 0.2) is 0 Å². The van der Waals surface area contributed by atoms with Crippen LogP contribution < -0.4 is 9.64 Å². The summed E-state index contributed by atoms with van der Waals surface area (Å²) in [4.78, 5) is 71.5. The first-order valence-corrected chi connectivity index (χ1v) is 19.0. The van der Waals surface area contributed by atoms with E-state index in [2.05, 4.69) is 11.6 Å². The molecule has 2 aromatic carbocycles. The number of carbonyl (C=O) groups excluding carboxylic acids is 5. The number of carbonyl (C=O) groups is 5. The summed E-state index contributed by atoms with van der Waals surface area (Å²) in [5.74, 6) is -3.22. The monoisotopic (exact) mass is 758 g/mol. The summed E-state index contributed by atoms with van der Waals surface area (Å²) in [7, 11) is 0. The molecule has 6 rings (SSSR count). The minimum atomic E-state index is -1.50. The van der Waals surface area contributed by atoms with Crippen LogP contribution in [-0.4, -0.2) is 63.7 Å². The van der Waals surface area contributed by atoms with Crippen LogP contribution in [0.1, 0.15) is 82.9 Å². The number of anilines is 1. The number of aliphatic hydroxyl groups excluding tert-OH is 1. The molecule has 2 saturated heterocycles. The molecular formula is C41H46N2O10S. The summed E-state index contributed by atoms with van der Waals surface area (Å²) in [5.41, 5.74) is -0.124. The summed E-state index contributed by atoms with van der Waals surface area (Å²) in [6.45, 7) is 12.8. The molecule has 1 N–H and O–H groups in total. The minimum absolute atomic E-state index is 0.0321. The Morgan fingerprint density at radius 2 is 1.80 bits per heavy atom. The number of cyclic esters (lactones) is 1. The SMILES string of the molecule is C=CC[C@H]1C(=O)C(C)(C)[C@@H](OC(=O)Oc2ccc(N3C(=O)C=CC3=O)cc2)CC(=O)O[C@H](c2ccc3sc(C)nc3c2)C[C@@H]2O[C@]2(C)CCC[C@H](C)[C@@H]1O. The van der Waals surface area contributed by atoms with E-state index < -0.39 is 71.4 Å². The van der Waals surface area contributed by atoms with E-state index in [1.807, 2.05) is 39.0 Å². The van der Waals surface area contributed by atoms with Crippen molar-refractivity contribution in [2.45, 2.75) is 103 Å². The van der Waals surface area contributed by atoms with Gasteiger partial charge < -0.3 is 24.1 Å². The number of hydrogen-bond acceptors (Lipinski definition) is 12. The third kappa shape index (κ3) is 8.33. The van der Waals surface area contributed by atoms with Crippen LogP contribution in [0.5, 0.6) is 5.75 Å². The summed E-state index contributed by atoms with van der Waals surface area (Å²) < 4.78 is 24.6. The van der Waals surface area contributed by atoms with E-state index >= 15 is 0 Å². The molecule has 0 saturated carbocycles. The Labute approximate surface area is 318 Å². The van der Waals surface area contributed by atoms with Crippen LogP contribution in [0, 0.1) is 24.2 Å². The second-order valence-corrected chi connectivity index (χ2v) is 16.4. The number of ketones is 1. The molecule has 12 nitrogen and oxygen atoms in total. The van der Waals surface area contributed by atoms with Crippen LogP contribution in [-0.2, 0) is 33.4 Å². The second-order valence-electron chi connectivity index (χ2n) is 15.2. The van der Waals surface area contributed by atoms with Gasteiger partial charge in [0.25, 0.3) is 11.8 Å². The number of aryl methyl sites for hydroxylation is 1. The van der Waals surface area contributed by atoms with E-state index in [0.717, 1.165) is 50.7 Å². The van der Waals surface area contributed by atoms with Crippen molar-refractivity contribution in [3.05, 3.63) is 77.8 Å². The first-order chi connectivity index (χ1) is 25.6. The zero-order chi connectivity index (χ0) is 38.9. The lowest BCUT2D eigenvalue weighted by Crippen LogP contribution is -2.48. The molecule has 0 radical (unpaired) electrons. The number of hydrogen-bond donors (Lipinski definition) is 1. The zero-order valence-corrected chi connectivity index (χ0v) is 31.9. The first kappa shape index (κ1) is 39.0. The number of amides is 2. The second kappa shape index (κ2) is 15.6. The molecule has 3 aliphatic heterocycles. The number of Topliss-reactive ketones (excluding diaryl/α,β-unsaturated/α-hetero) is 1. The molecular weight excluding hydrogens is 713 g/mol. The van der Waals surface area contributed by atoms with Gasteiger partial charge in [-0.25, -0.2) is 14.7 Å². The fourth-order valence-corrected chi connectivity index (χ4v) is 8.24. The Bertz CT molecular complexity index is 1970. The van der Waals surface area contributed by atoms with E-state index in [1.54, 1.807) is 31.3 Å². The van der Waals surface area contributed by atoms with Gasteiger partial charge in [-0.1, -0.05) is 25.5 Å². The maximum absolute atomic E-state index is 14.4. The number of imide groups is 1. The highest BCUT2D eigenvalue weighted by Gasteiger charge is 2.53. The van der Waals surface area contributed by atoms with Gasteiger partial charge in [-0.05, 0) is 94.8 Å². The predicted octanol–water partition coefficient (Wildman–Crippen LogP) is 7.11. The van der Waals surface area contributed by atoms with Crippen molar-refractivity contribution < 1.29 is 48.0 Å². The summed E-state index contributed by atoms with van der Waals surface area (Å²) in [5, 5.41) is 12.4. The lowest BCUT2D eigenvalue weighted by atomic mass is 9.71. The van der Waals surface area contributed by atoms with Gasteiger partial charge in [-0.2, -0.15) is 0 Å². The Morgan fingerprint density at radius 3 is 2.48 bits per heavy atom. The van der Waals surface area contributed by atoms with Crippen LogP contribution in [0.25, 0.3) is 10.2 Å². The Kier molecular flexibility index (Phi) is 11.2. The Hall–Kier alpha value is -4.72. The summed E-state index contributed by atoms with van der Waals surface area (Å²) >= 11 is 1.57. The highest BCUT2D eigenvalue weighted by atomic mass is 32.1. The number of epoxide rings is 1. The van der Waals surface area contributed by atoms with Crippen molar-refractivity contribution in [2.75, 3.05) is 4.90 Å². The van der Waals surface area contributed by atoms with E-state index in [0.29, 0.717) is 12.8 Å². The van der Waals surface area contributed by atoms with E-state index in [1.165, 1.54) is 24.3 Å². The molecule has 286 valence electrons. The number of allylic oxidation sites excluding steroid dienone is 1. The fraction of sp³-hybridized carbons (Fsp3) is 0.463. The fourth-order valence-electron chi connectivity index (χ4n) is 7.43. The number of aliphatic hydroxyl groups is 1. The van der Waals surface area contributed by atoms with Crippen molar-refractivity contribution in [2.24, 2.45) is 17.3 Å². The Balaban J connectivity index is 1.28. The van der Waals surface area contributed by atoms with Crippen molar-refractivity contribution in [1.29, 1.82) is 0 Å². The lowest BCUT2D eigenvalue weighted by molar-refractivity contribution is -0.157. The number of benzene rings is 2. The third-order valence-electron chi connectivity index (χ3n) is 10.8. The molecule has 3 aliphatic rings. The molecule has 1 aromatic heterocycles. The van der Waals surface area contributed by atoms with Crippen molar-refractivity contribution in [3.63, 3.8) is 0 Å². The molecule has 3 aromatic rings. The van der Waals surface area contributed by atoms with Crippen molar-refractivity contribution in [1.82, 2.24) is 4.98 Å². The van der Waals surface area contributed by atoms with Gasteiger partial charge in [0.2, 0.25) is 0 Å². The van der Waals surface area contributed by atoms with Crippen LogP contribution in [0.3, 0.4) is 0 Å². The van der Waals surface area contributed by atoms with Gasteiger partial charge in [-0.15, -0.1) is 17.9 Å². The standard InChI is InChI=1S/C41H46N2O10S/c1-7-9-28-37(47)23(2)10-8-19-41(6)33(53-41)21-30(25-11-16-31-29(20-25)42-24(3)54-31)51-36(46)22-32(40(4,5)38(28)48)52-39(49)50-27-14-12-26(13-15-27)43-34(44)17-18-35(43)45/h7,11-18,20,23,28,30,32-33,37,47H,1,8-10,19,21-22H2,2-6H3/t23-,28+,30-,32-,33-,37-,41+/m0/s1. The molecule has 4 heterocycles. The smallest absolute Gasteiger partial charge is 0.457 e. The number of rotatable bonds is 6. The maximum atomic E-state index is 14.4. The number of esters is 1. The zero-order valence-electron chi connectivity index (χ0n) is 31.1. The molecule has 0 spiro atoms. The molecule has 0 bridgehead atoms. The number of ether oxygens (including phenoxy) is 4. The normalized spacial score (nSPS) is 29.1. The molecule has 7 atom stereocenters. The van der Waals surface area contributed by atoms with Crippen molar-refractivity contribution in [3.8, 4) is 5.75 Å². The highest BCUT2D eigenvalue weighted by Crippen LogP contribution is 2.47. The number of aromatic nitrogens is 1. The number of thiazole rings is 1. The van der Waals surface area contributed by atoms with E-state index in [-0.39, 0.29) is 29.9 Å². The van der Waals surface area contributed by atoms with Crippen molar-refractivity contribution >= 4 is 57.0 Å². The van der Waals surface area contributed by atoms with Gasteiger partial charge in [0.05, 0.1) is 50.6 Å². The Morgan fingerprint density at radius 1 is 1.09 bits per heavy atom. The average Bonchev–Trinajstić information content (AvgIpc) is 3.39. The first-order valence-electron chi connectivity index (χ1n) is 18.2. The van der Waals surface area contributed by atoms with E-state index in [9.17, 15) is 29.1 Å². The molecule has 2 amide bonds. The third-order valence-corrected chi connectivity index (χ3v) is 11.8. The van der Waals surface area contributed by atoms with Crippen LogP contribution in [0.4, 0.5) is 10.5 Å². The molecule has 0 unspecified atom stereocenters. The highest BCUT2D eigenvalue weighted by molar-refractivity contribution is 7.18. The summed E-state index contributed by atoms with van der Waals surface area (Å²) in [6, 6.07) is 11.4. The van der Waals surface area contributed by atoms with Crippen LogP contribution in [0.15, 0.2) is 67.3 Å². The van der Waals surface area contributed by atoms with Gasteiger partial charge in [0.1, 0.15) is 23.7 Å². The average molecular weight is 759 g/mol. The topological polar surface area (TPSA) is 162 Å². The quantitative estimate of drug-likeness (QED) is 0.0897. The predicted molar refractivity (Wildman–Crippen MR) is 201 cm³/mol. The largest absolute Gasteiger partial charge is 0.514 e. The van der Waals surface area contributed by atoms with Crippen LogP contribution >= 0.6 is 11.3 Å². The molecule has 0 aliphatic carbocycles. The van der Waals surface area contributed by atoms with Crippen LogP contribution in [0.2, 0.25) is 0 Å². The maximum Gasteiger partial charge on any atom is 0.514 e. The van der Waals surface area contributed by atoms with Gasteiger partial charge in [-0.3, -0.25) is 19.2 Å². The molecule has 2 fully saturated rings. The summed E-state index contributed by atoms with van der Waals surface area (Å²) in [6.07, 6.45) is 1.58. The minimum Gasteiger partial charge on any atom is -0.457 e. The number of fused-ring (bicyclic) bond motifs is 2. The van der Waals surface area contributed by atoms with Gasteiger partial charge in [0, 0.05) is 24.5 Å². The lowest BCUT2D eigenvalue weighted by Gasteiger charge is -2.37. The van der Waals surface area contributed by atoms with Gasteiger partial charge >= 0.3 is 12.1 Å². The number of nitrogens with zero attached hydrogens (tertiary/aromatic N) is 2. The molecule has 54 heavy (non-hydrogen) atoms. The molecule has 13 heteroatoms. The van der Waals surface area contributed by atoms with E-state index in [4.69, 9.17) is 18.9 Å².